The molecule has 0 spiro atoms. The van der Waals surface area contributed by atoms with Crippen LogP contribution in [0.1, 0.15) is 13.8 Å². The number of nitrogens with one attached hydrogen (secondary N) is 1. The molecule has 12 heavy (non-hydrogen) atoms. The summed E-state index contributed by atoms with van der Waals surface area (Å²) in [5.41, 5.74) is 0.656. The largest absolute Gasteiger partial charge is 0.436 e. The molecule has 0 unspecified atom stereocenters. The monoisotopic (exact) mass is 197 g/mol. The molecule has 0 amide bonds. The molecule has 1 rings (SSSR count). The highest BCUT2D eigenvalue weighted by atomic mass is 32.1. The molecule has 0 aromatic rings. The summed E-state index contributed by atoms with van der Waals surface area (Å²) in [5, 5.41) is 3.93. The van der Waals surface area contributed by atoms with Crippen molar-refractivity contribution < 1.29 is 13.2 Å². The standard InChI is InChI=1S/C7H10F3NS/c1-4(2)5-3-12-6(11-5)7(8,9)10/h3-4,11-12H,1-2H3. The van der Waals surface area contributed by atoms with Gasteiger partial charge < -0.3 is 5.32 Å². The molecule has 1 nitrogen and oxygen atoms in total. The maximum Gasteiger partial charge on any atom is 0.436 e. The van der Waals surface area contributed by atoms with Crippen LogP contribution < -0.4 is 5.32 Å². The number of allylic oxidation sites excluding steroid dienone is 1. The first-order valence-corrected chi connectivity index (χ1v) is 4.49. The van der Waals surface area contributed by atoms with Gasteiger partial charge in [0, 0.05) is 5.70 Å². The molecule has 5 heteroatoms. The van der Waals surface area contributed by atoms with Crippen LogP contribution in [0.5, 0.6) is 0 Å². The fourth-order valence-electron chi connectivity index (χ4n) is 0.773. The molecular weight excluding hydrogens is 187 g/mol. The van der Waals surface area contributed by atoms with E-state index in [9.17, 15) is 13.2 Å². The van der Waals surface area contributed by atoms with Crippen LogP contribution in [0.25, 0.3) is 0 Å². The van der Waals surface area contributed by atoms with Gasteiger partial charge in [0.05, 0.1) is 0 Å². The third-order valence-corrected chi connectivity index (χ3v) is 2.52. The topological polar surface area (TPSA) is 12.0 Å². The molecule has 0 fully saturated rings. The average molecular weight is 197 g/mol. The lowest BCUT2D eigenvalue weighted by atomic mass is 10.1. The second-order valence-electron chi connectivity index (χ2n) is 2.84. The van der Waals surface area contributed by atoms with Crippen molar-refractivity contribution in [3.8, 4) is 0 Å². The fraction of sp³-hybridized carbons (Fsp3) is 0.571. The van der Waals surface area contributed by atoms with Crippen LogP contribution in [0.3, 0.4) is 0 Å². The maximum atomic E-state index is 12.1. The van der Waals surface area contributed by atoms with Gasteiger partial charge in [-0.25, -0.2) is 0 Å². The van der Waals surface area contributed by atoms with Gasteiger partial charge in [-0.15, -0.1) is 11.4 Å². The number of alkyl halides is 3. The highest BCUT2D eigenvalue weighted by molar-refractivity contribution is 8.01. The fourth-order valence-corrected chi connectivity index (χ4v) is 1.74. The van der Waals surface area contributed by atoms with Gasteiger partial charge >= 0.3 is 6.18 Å². The molecule has 0 saturated carbocycles. The zero-order valence-corrected chi connectivity index (χ0v) is 7.63. The van der Waals surface area contributed by atoms with Gasteiger partial charge in [-0.05, 0) is 11.3 Å². The molecule has 0 saturated heterocycles. The normalized spacial score (nSPS) is 18.2. The van der Waals surface area contributed by atoms with Crippen molar-refractivity contribution in [2.24, 2.45) is 5.92 Å². The Labute approximate surface area is 72.6 Å². The summed E-state index contributed by atoms with van der Waals surface area (Å²) in [6, 6.07) is 0. The number of hydrogen-bond acceptors (Lipinski definition) is 1. The van der Waals surface area contributed by atoms with Crippen molar-refractivity contribution in [2.75, 3.05) is 0 Å². The summed E-state index contributed by atoms with van der Waals surface area (Å²) in [7, 11) is 0. The number of hydrogen-bond donors (Lipinski definition) is 2. The van der Waals surface area contributed by atoms with Gasteiger partial charge in [0.1, 0.15) is 4.99 Å². The molecule has 0 aromatic carbocycles. The van der Waals surface area contributed by atoms with E-state index in [1.807, 2.05) is 13.8 Å². The van der Waals surface area contributed by atoms with Crippen molar-refractivity contribution in [3.05, 3.63) is 11.1 Å². The summed E-state index contributed by atoms with van der Waals surface area (Å²) in [5.74, 6) is 0.123. The van der Waals surface area contributed by atoms with E-state index < -0.39 is 11.2 Å². The van der Waals surface area contributed by atoms with Crippen LogP contribution in [0.4, 0.5) is 13.2 Å². The molecule has 0 radical (unpaired) electrons. The predicted molar refractivity (Wildman–Crippen MR) is 46.1 cm³/mol. The van der Waals surface area contributed by atoms with Crippen molar-refractivity contribution in [3.63, 3.8) is 0 Å². The molecule has 0 aromatic heterocycles. The van der Waals surface area contributed by atoms with Gasteiger partial charge in [0.2, 0.25) is 0 Å². The second kappa shape index (κ2) is 3.12. The third-order valence-electron chi connectivity index (χ3n) is 1.49. The Morgan fingerprint density at radius 3 is 2.25 bits per heavy atom. The van der Waals surface area contributed by atoms with E-state index in [1.54, 1.807) is 5.41 Å². The van der Waals surface area contributed by atoms with Crippen LogP contribution in [0.15, 0.2) is 11.1 Å². The molecule has 70 valence electrons. The lowest BCUT2D eigenvalue weighted by Crippen LogP contribution is -2.34. The number of halogens is 3. The summed E-state index contributed by atoms with van der Waals surface area (Å²) >= 11 is 0.224. The van der Waals surface area contributed by atoms with E-state index in [-0.39, 0.29) is 17.3 Å². The Kier molecular flexibility index (Phi) is 2.51. The van der Waals surface area contributed by atoms with E-state index >= 15 is 0 Å². The lowest BCUT2D eigenvalue weighted by molar-refractivity contribution is -0.0587. The summed E-state index contributed by atoms with van der Waals surface area (Å²) in [6.45, 7) is 3.71. The first-order valence-electron chi connectivity index (χ1n) is 3.53. The molecule has 1 N–H and O–H groups in total. The quantitative estimate of drug-likeness (QED) is 0.485. The highest BCUT2D eigenvalue weighted by Gasteiger charge is 2.36. The Morgan fingerprint density at radius 1 is 1.42 bits per heavy atom. The highest BCUT2D eigenvalue weighted by Crippen LogP contribution is 2.25. The molecule has 0 atom stereocenters. The molecule has 1 aliphatic heterocycles. The van der Waals surface area contributed by atoms with Gasteiger partial charge in [0.15, 0.2) is 0 Å². The van der Waals surface area contributed by atoms with Crippen LogP contribution >= 0.6 is 11.4 Å². The summed E-state index contributed by atoms with van der Waals surface area (Å²) in [6.07, 6.45) is -4.21. The smallest absolute Gasteiger partial charge is 0.350 e. The second-order valence-corrected chi connectivity index (χ2v) is 3.80. The van der Waals surface area contributed by atoms with Gasteiger partial charge in [0.25, 0.3) is 0 Å². The Balaban J connectivity index is 2.62. The third kappa shape index (κ3) is 2.03. The van der Waals surface area contributed by atoms with E-state index in [1.165, 1.54) is 0 Å². The molecule has 0 aliphatic carbocycles. The lowest BCUT2D eigenvalue weighted by Gasteiger charge is -2.12. The molecule has 1 aliphatic rings. The van der Waals surface area contributed by atoms with Gasteiger partial charge in [-0.1, -0.05) is 13.8 Å². The van der Waals surface area contributed by atoms with E-state index in [2.05, 4.69) is 5.32 Å². The average Bonchev–Trinajstić information content (AvgIpc) is 2.30. The van der Waals surface area contributed by atoms with Crippen molar-refractivity contribution in [1.82, 2.24) is 5.32 Å². The molecular formula is C7H10F3NS. The number of thiol groups is 1. The van der Waals surface area contributed by atoms with Crippen LogP contribution in [-0.2, 0) is 0 Å². The minimum atomic E-state index is -4.21. The minimum Gasteiger partial charge on any atom is -0.350 e. The van der Waals surface area contributed by atoms with Gasteiger partial charge in [-0.2, -0.15) is 13.2 Å². The zero-order chi connectivity index (χ0) is 9.35. The molecule has 1 heterocycles. The van der Waals surface area contributed by atoms with Crippen LogP contribution in [0, 0.1) is 5.92 Å². The zero-order valence-electron chi connectivity index (χ0n) is 6.74. The van der Waals surface area contributed by atoms with Crippen LogP contribution in [0.2, 0.25) is 0 Å². The minimum absolute atomic E-state index is 0.123. The Bertz CT molecular complexity index is 240. The van der Waals surface area contributed by atoms with Gasteiger partial charge in [-0.3, -0.25) is 0 Å². The van der Waals surface area contributed by atoms with E-state index in [0.29, 0.717) is 5.70 Å². The first-order chi connectivity index (χ1) is 5.41. The van der Waals surface area contributed by atoms with E-state index in [0.717, 1.165) is 0 Å². The number of rotatable bonds is 1. The maximum absolute atomic E-state index is 12.1. The van der Waals surface area contributed by atoms with E-state index in [4.69, 9.17) is 0 Å². The van der Waals surface area contributed by atoms with Crippen molar-refractivity contribution in [1.29, 1.82) is 0 Å². The Morgan fingerprint density at radius 2 is 2.00 bits per heavy atom. The van der Waals surface area contributed by atoms with Crippen molar-refractivity contribution >= 4 is 16.3 Å². The van der Waals surface area contributed by atoms with Crippen LogP contribution in [-0.4, -0.2) is 11.2 Å². The SMILES string of the molecule is CC(C)C1=C[SH]=C(C(F)(F)F)N1. The Hall–Kier alpha value is -0.450. The molecule has 0 bridgehead atoms. The van der Waals surface area contributed by atoms with Crippen molar-refractivity contribution in [2.45, 2.75) is 20.0 Å². The predicted octanol–water partition coefficient (Wildman–Crippen LogP) is 2.24. The summed E-state index contributed by atoms with van der Waals surface area (Å²) < 4.78 is 36.2. The first kappa shape index (κ1) is 9.64. The summed E-state index contributed by atoms with van der Waals surface area (Å²) in [4.78, 5) is -0.578.